The highest BCUT2D eigenvalue weighted by Gasteiger charge is 2.39. The van der Waals surface area contributed by atoms with Gasteiger partial charge in [0.15, 0.2) is 5.76 Å². The molecular formula is C26H29FN4O5. The lowest BCUT2D eigenvalue weighted by atomic mass is 9.94. The number of carbonyl (C=O) groups excluding carboxylic acids is 3. The Balaban J connectivity index is 1.63. The van der Waals surface area contributed by atoms with Crippen LogP contribution in [0.4, 0.5) is 9.18 Å². The molecule has 4 rings (SSSR count). The predicted molar refractivity (Wildman–Crippen MR) is 129 cm³/mol. The van der Waals surface area contributed by atoms with Gasteiger partial charge in [-0.1, -0.05) is 18.2 Å². The quantitative estimate of drug-likeness (QED) is 0.446. The van der Waals surface area contributed by atoms with Gasteiger partial charge in [0.1, 0.15) is 5.82 Å². The molecule has 1 atom stereocenters. The number of piperazine rings is 1. The zero-order chi connectivity index (χ0) is 25.7. The predicted octanol–water partition coefficient (Wildman–Crippen LogP) is 2.95. The van der Waals surface area contributed by atoms with E-state index < -0.39 is 17.8 Å². The van der Waals surface area contributed by atoms with E-state index in [1.165, 1.54) is 23.3 Å². The molecule has 2 aliphatic heterocycles. The van der Waals surface area contributed by atoms with Crippen molar-refractivity contribution in [3.63, 3.8) is 0 Å². The van der Waals surface area contributed by atoms with Crippen molar-refractivity contribution in [3.8, 4) is 0 Å². The van der Waals surface area contributed by atoms with E-state index in [0.29, 0.717) is 48.8 Å². The summed E-state index contributed by atoms with van der Waals surface area (Å²) >= 11 is 0. The van der Waals surface area contributed by atoms with Crippen LogP contribution in [0.5, 0.6) is 0 Å². The van der Waals surface area contributed by atoms with Crippen LogP contribution in [0.3, 0.4) is 0 Å². The summed E-state index contributed by atoms with van der Waals surface area (Å²) in [7, 11) is 0. The van der Waals surface area contributed by atoms with Gasteiger partial charge in [0, 0.05) is 45.0 Å². The minimum absolute atomic E-state index is 0.161. The maximum atomic E-state index is 13.6. The number of esters is 1. The van der Waals surface area contributed by atoms with Crippen molar-refractivity contribution in [3.05, 3.63) is 83.7 Å². The van der Waals surface area contributed by atoms with E-state index in [1.54, 1.807) is 42.2 Å². The lowest BCUT2D eigenvalue weighted by Crippen LogP contribution is -2.53. The van der Waals surface area contributed by atoms with Crippen LogP contribution in [0.15, 0.2) is 71.0 Å². The van der Waals surface area contributed by atoms with Gasteiger partial charge in [-0.2, -0.15) is 0 Å². The molecule has 0 radical (unpaired) electrons. The highest BCUT2D eigenvalue weighted by atomic mass is 19.1. The number of nitrogens with one attached hydrogen (secondary N) is 1. The van der Waals surface area contributed by atoms with Crippen molar-refractivity contribution >= 4 is 17.9 Å². The van der Waals surface area contributed by atoms with Gasteiger partial charge in [0.05, 0.1) is 24.5 Å². The molecule has 10 heteroatoms. The summed E-state index contributed by atoms with van der Waals surface area (Å²) in [4.78, 5) is 44.2. The highest BCUT2D eigenvalue weighted by molar-refractivity contribution is 5.95. The molecule has 9 nitrogen and oxygen atoms in total. The van der Waals surface area contributed by atoms with E-state index in [9.17, 15) is 18.8 Å². The number of hydrogen-bond acceptors (Lipinski definition) is 6. The second-order valence-corrected chi connectivity index (χ2v) is 8.46. The molecule has 0 spiro atoms. The molecule has 2 aromatic rings. The first kappa shape index (κ1) is 25.2. The fourth-order valence-electron chi connectivity index (χ4n) is 4.43. The SMILES string of the molecule is C=CCN1C(=O)NC(c2ccc(F)cc2)C(C(=O)OCC)=C1CN1CCN(C(=O)c2ccco2)CC1. The number of ether oxygens (including phenoxy) is 1. The van der Waals surface area contributed by atoms with Crippen LogP contribution in [0.1, 0.15) is 29.1 Å². The zero-order valence-electron chi connectivity index (χ0n) is 20.1. The Morgan fingerprint density at radius 3 is 2.53 bits per heavy atom. The van der Waals surface area contributed by atoms with Crippen molar-refractivity contribution in [2.45, 2.75) is 13.0 Å². The van der Waals surface area contributed by atoms with E-state index in [4.69, 9.17) is 9.15 Å². The van der Waals surface area contributed by atoms with Crippen molar-refractivity contribution in [2.75, 3.05) is 45.9 Å². The van der Waals surface area contributed by atoms with Gasteiger partial charge in [-0.15, -0.1) is 6.58 Å². The standard InChI is InChI=1S/C26H29FN4O5/c1-3-11-31-20(17-29-12-14-30(15-13-29)24(32)21-6-5-16-36-21)22(25(33)35-4-2)23(28-26(31)34)18-7-9-19(27)10-8-18/h3,5-10,16,23H,1,4,11-15,17H2,2H3,(H,28,34). The third-order valence-electron chi connectivity index (χ3n) is 6.21. The molecular weight excluding hydrogens is 467 g/mol. The molecule has 0 aliphatic carbocycles. The summed E-state index contributed by atoms with van der Waals surface area (Å²) in [5.41, 5.74) is 1.36. The molecule has 3 amide bonds. The molecule has 0 saturated carbocycles. The van der Waals surface area contributed by atoms with Gasteiger partial charge >= 0.3 is 12.0 Å². The number of carbonyl (C=O) groups is 3. The Bertz CT molecular complexity index is 1140. The molecule has 1 fully saturated rings. The Morgan fingerprint density at radius 1 is 1.19 bits per heavy atom. The summed E-state index contributed by atoms with van der Waals surface area (Å²) < 4.78 is 24.2. The number of amides is 3. The molecule has 1 aromatic carbocycles. The molecule has 190 valence electrons. The Labute approximate surface area is 208 Å². The van der Waals surface area contributed by atoms with Crippen molar-refractivity contribution in [1.82, 2.24) is 20.0 Å². The second-order valence-electron chi connectivity index (χ2n) is 8.46. The molecule has 2 aliphatic rings. The van der Waals surface area contributed by atoms with Gasteiger partial charge < -0.3 is 19.4 Å². The van der Waals surface area contributed by atoms with Crippen LogP contribution < -0.4 is 5.32 Å². The van der Waals surface area contributed by atoms with E-state index in [2.05, 4.69) is 16.8 Å². The van der Waals surface area contributed by atoms with E-state index in [-0.39, 0.29) is 31.6 Å². The molecule has 0 bridgehead atoms. The van der Waals surface area contributed by atoms with Crippen LogP contribution in [0, 0.1) is 5.82 Å². The average molecular weight is 497 g/mol. The maximum absolute atomic E-state index is 13.6. The first-order chi connectivity index (χ1) is 17.4. The molecule has 1 unspecified atom stereocenters. The van der Waals surface area contributed by atoms with Crippen LogP contribution >= 0.6 is 0 Å². The summed E-state index contributed by atoms with van der Waals surface area (Å²) in [6, 6.07) is 7.78. The largest absolute Gasteiger partial charge is 0.463 e. The van der Waals surface area contributed by atoms with Gasteiger partial charge in [-0.05, 0) is 36.8 Å². The Morgan fingerprint density at radius 2 is 1.92 bits per heavy atom. The first-order valence-corrected chi connectivity index (χ1v) is 11.8. The minimum Gasteiger partial charge on any atom is -0.463 e. The van der Waals surface area contributed by atoms with Crippen molar-refractivity contribution < 1.29 is 27.9 Å². The maximum Gasteiger partial charge on any atom is 0.338 e. The second kappa shape index (κ2) is 11.2. The molecule has 36 heavy (non-hydrogen) atoms. The Hall–Kier alpha value is -3.92. The van der Waals surface area contributed by atoms with E-state index in [1.807, 2.05) is 0 Å². The molecule has 1 aromatic heterocycles. The summed E-state index contributed by atoms with van der Waals surface area (Å²) in [6.45, 7) is 8.12. The first-order valence-electron chi connectivity index (χ1n) is 11.8. The smallest absolute Gasteiger partial charge is 0.338 e. The number of rotatable bonds is 8. The summed E-state index contributed by atoms with van der Waals surface area (Å²) in [5.74, 6) is -0.854. The average Bonchev–Trinajstić information content (AvgIpc) is 3.42. The van der Waals surface area contributed by atoms with Crippen LogP contribution in [-0.2, 0) is 9.53 Å². The topological polar surface area (TPSA) is 95.3 Å². The lowest BCUT2D eigenvalue weighted by molar-refractivity contribution is -0.139. The van der Waals surface area contributed by atoms with Crippen LogP contribution in [0.2, 0.25) is 0 Å². The van der Waals surface area contributed by atoms with Gasteiger partial charge in [-0.25, -0.2) is 14.0 Å². The Kier molecular flexibility index (Phi) is 7.84. The van der Waals surface area contributed by atoms with Crippen molar-refractivity contribution in [2.24, 2.45) is 0 Å². The number of halogens is 1. The number of nitrogens with zero attached hydrogens (tertiary/aromatic N) is 3. The number of urea groups is 1. The summed E-state index contributed by atoms with van der Waals surface area (Å²) in [6.07, 6.45) is 3.05. The number of furan rings is 1. The molecule has 1 saturated heterocycles. The molecule has 3 heterocycles. The van der Waals surface area contributed by atoms with Crippen LogP contribution in [-0.4, -0.2) is 78.5 Å². The fourth-order valence-corrected chi connectivity index (χ4v) is 4.43. The number of benzene rings is 1. The number of hydrogen-bond donors (Lipinski definition) is 1. The third kappa shape index (κ3) is 5.33. The monoisotopic (exact) mass is 496 g/mol. The minimum atomic E-state index is -0.796. The highest BCUT2D eigenvalue weighted by Crippen LogP contribution is 2.32. The fraction of sp³-hybridized carbons (Fsp3) is 0.346. The lowest BCUT2D eigenvalue weighted by Gasteiger charge is -2.40. The normalized spacial score (nSPS) is 18.7. The third-order valence-corrected chi connectivity index (χ3v) is 6.21. The van der Waals surface area contributed by atoms with E-state index >= 15 is 0 Å². The van der Waals surface area contributed by atoms with Crippen LogP contribution in [0.25, 0.3) is 0 Å². The summed E-state index contributed by atoms with van der Waals surface area (Å²) in [5, 5.41) is 2.86. The van der Waals surface area contributed by atoms with Crippen molar-refractivity contribution in [1.29, 1.82) is 0 Å². The van der Waals surface area contributed by atoms with Gasteiger partial charge in [0.25, 0.3) is 5.91 Å². The molecule has 1 N–H and O–H groups in total. The zero-order valence-corrected chi connectivity index (χ0v) is 20.1. The van der Waals surface area contributed by atoms with Gasteiger partial charge in [-0.3, -0.25) is 14.6 Å². The van der Waals surface area contributed by atoms with Gasteiger partial charge in [0.2, 0.25) is 0 Å². The van der Waals surface area contributed by atoms with E-state index in [0.717, 1.165) is 0 Å².